The molecule has 0 unspecified atom stereocenters. The molecular formula is C36H73O6P. The molecular weight excluding hydrogens is 559 g/mol. The largest absolute Gasteiger partial charge is 0.481 e. The van der Waals surface area contributed by atoms with Crippen LogP contribution in [0.4, 0.5) is 0 Å². The summed E-state index contributed by atoms with van der Waals surface area (Å²) < 4.78 is 15.0. The maximum absolute atomic E-state index is 10.6. The van der Waals surface area contributed by atoms with Crippen LogP contribution in [-0.2, 0) is 13.9 Å². The van der Waals surface area contributed by atoms with Crippen LogP contribution < -0.4 is 0 Å². The van der Waals surface area contributed by atoms with Gasteiger partial charge in [0.1, 0.15) is 0 Å². The highest BCUT2D eigenvalue weighted by atomic mass is 31.2. The summed E-state index contributed by atoms with van der Waals surface area (Å²) in [4.78, 5) is 27.7. The summed E-state index contributed by atoms with van der Waals surface area (Å²) in [7, 11) is -4.28. The second kappa shape index (κ2) is 34.5. The Bertz CT molecular complexity index is 609. The lowest BCUT2D eigenvalue weighted by atomic mass is 10.0. The van der Waals surface area contributed by atoms with Gasteiger partial charge >= 0.3 is 13.8 Å². The highest BCUT2D eigenvalue weighted by Crippen LogP contribution is 2.35. The molecule has 0 saturated heterocycles. The van der Waals surface area contributed by atoms with Crippen molar-refractivity contribution in [1.29, 1.82) is 0 Å². The van der Waals surface area contributed by atoms with Crippen molar-refractivity contribution in [2.45, 2.75) is 218 Å². The van der Waals surface area contributed by atoms with Gasteiger partial charge in [-0.3, -0.25) is 9.32 Å². The van der Waals surface area contributed by atoms with E-state index >= 15 is 0 Å². The molecule has 0 rings (SSSR count). The lowest BCUT2D eigenvalue weighted by Crippen LogP contribution is -1.93. The predicted molar refractivity (Wildman–Crippen MR) is 183 cm³/mol. The quantitative estimate of drug-likeness (QED) is 0.0465. The molecule has 0 aliphatic carbocycles. The zero-order valence-corrected chi connectivity index (χ0v) is 29.2. The van der Waals surface area contributed by atoms with Crippen LogP contribution in [0.25, 0.3) is 0 Å². The predicted octanol–water partition coefficient (Wildman–Crippen LogP) is 12.4. The zero-order valence-electron chi connectivity index (χ0n) is 28.3. The minimum absolute atomic E-state index is 0.163. The van der Waals surface area contributed by atoms with E-state index in [0.29, 0.717) is 6.42 Å². The monoisotopic (exact) mass is 633 g/mol. The van der Waals surface area contributed by atoms with Crippen LogP contribution >= 0.6 is 7.82 Å². The Morgan fingerprint density at radius 3 is 0.744 bits per heavy atom. The number of carbonyl (C=O) groups is 1. The van der Waals surface area contributed by atoms with Crippen LogP contribution in [-0.4, -0.2) is 27.5 Å². The first-order chi connectivity index (χ1) is 20.9. The molecule has 0 aromatic carbocycles. The van der Waals surface area contributed by atoms with Gasteiger partial charge in [-0.05, 0) is 12.8 Å². The molecule has 6 nitrogen and oxygen atoms in total. The van der Waals surface area contributed by atoms with Gasteiger partial charge < -0.3 is 14.9 Å². The molecule has 0 aromatic heterocycles. The third kappa shape index (κ3) is 41.6. The van der Waals surface area contributed by atoms with E-state index in [1.54, 1.807) is 0 Å². The number of carboxylic acids is 1. The van der Waals surface area contributed by atoms with E-state index < -0.39 is 13.8 Å². The Labute approximate surface area is 267 Å². The molecule has 258 valence electrons. The molecule has 7 heteroatoms. The van der Waals surface area contributed by atoms with Crippen LogP contribution in [0.2, 0.25) is 0 Å². The van der Waals surface area contributed by atoms with Crippen LogP contribution in [0.3, 0.4) is 0 Å². The minimum Gasteiger partial charge on any atom is -0.481 e. The third-order valence-electron chi connectivity index (χ3n) is 8.79. The number of phosphoric ester groups is 1. The van der Waals surface area contributed by atoms with Crippen molar-refractivity contribution in [3.8, 4) is 0 Å². The molecule has 0 radical (unpaired) electrons. The number of unbranched alkanes of at least 4 members (excludes halogenated alkanes) is 32. The standard InChI is InChI=1S/C36H73O6P/c37-36(38)34-32-30-28-26-24-22-20-18-16-14-12-10-8-6-4-2-1-3-5-7-9-11-13-15-17-19-21-23-25-27-29-31-33-35-42-43(39,40)41/h1-35H2,(H,37,38)(H2,39,40,41). The molecule has 0 atom stereocenters. The Balaban J connectivity index is 3.06. The molecule has 0 spiro atoms. The van der Waals surface area contributed by atoms with Crippen molar-refractivity contribution in [1.82, 2.24) is 0 Å². The smallest absolute Gasteiger partial charge is 0.469 e. The van der Waals surface area contributed by atoms with E-state index in [2.05, 4.69) is 4.52 Å². The average molecular weight is 633 g/mol. The second-order valence-corrected chi connectivity index (χ2v) is 14.4. The fourth-order valence-electron chi connectivity index (χ4n) is 6.04. The first kappa shape index (κ1) is 42.6. The van der Waals surface area contributed by atoms with Crippen LogP contribution in [0.1, 0.15) is 218 Å². The summed E-state index contributed by atoms with van der Waals surface area (Å²) in [5.74, 6) is -0.657. The van der Waals surface area contributed by atoms with Crippen molar-refractivity contribution in [2.24, 2.45) is 0 Å². The van der Waals surface area contributed by atoms with E-state index in [1.165, 1.54) is 180 Å². The van der Waals surface area contributed by atoms with Crippen LogP contribution in [0.15, 0.2) is 0 Å². The SMILES string of the molecule is O=C(O)CCCCCCCCCCCCCCCCCCCCCCCCCCCCCCCCCCCOP(=O)(O)O. The van der Waals surface area contributed by atoms with Gasteiger partial charge in [-0.25, -0.2) is 4.57 Å². The Morgan fingerprint density at radius 2 is 0.558 bits per heavy atom. The minimum atomic E-state index is -4.28. The topological polar surface area (TPSA) is 104 Å². The molecule has 0 amide bonds. The molecule has 0 fully saturated rings. The Hall–Kier alpha value is -0.420. The maximum Gasteiger partial charge on any atom is 0.469 e. The average Bonchev–Trinajstić information content (AvgIpc) is 2.96. The summed E-state index contributed by atoms with van der Waals surface area (Å²) in [6, 6.07) is 0. The fraction of sp³-hybridized carbons (Fsp3) is 0.972. The summed E-state index contributed by atoms with van der Waals surface area (Å²) in [5, 5.41) is 8.63. The molecule has 0 aromatic rings. The highest BCUT2D eigenvalue weighted by Gasteiger charge is 2.12. The summed E-state index contributed by atoms with van der Waals surface area (Å²) in [6.45, 7) is 0.163. The molecule has 3 N–H and O–H groups in total. The van der Waals surface area contributed by atoms with Crippen LogP contribution in [0, 0.1) is 0 Å². The van der Waals surface area contributed by atoms with Crippen molar-refractivity contribution in [3.05, 3.63) is 0 Å². The lowest BCUT2D eigenvalue weighted by Gasteiger charge is -2.05. The first-order valence-corrected chi connectivity index (χ1v) is 20.4. The van der Waals surface area contributed by atoms with E-state index in [9.17, 15) is 9.36 Å². The number of rotatable bonds is 37. The van der Waals surface area contributed by atoms with Crippen LogP contribution in [0.5, 0.6) is 0 Å². The van der Waals surface area contributed by atoms with Crippen molar-refractivity contribution in [2.75, 3.05) is 6.61 Å². The Kier molecular flexibility index (Phi) is 34.1. The van der Waals surface area contributed by atoms with E-state index in [-0.39, 0.29) is 6.61 Å². The zero-order chi connectivity index (χ0) is 31.5. The second-order valence-electron chi connectivity index (χ2n) is 13.1. The number of phosphoric acid groups is 1. The van der Waals surface area contributed by atoms with Gasteiger partial charge in [-0.1, -0.05) is 199 Å². The molecule has 0 bridgehead atoms. The molecule has 0 aliphatic heterocycles. The molecule has 0 aliphatic rings. The van der Waals surface area contributed by atoms with E-state index in [0.717, 1.165) is 32.1 Å². The van der Waals surface area contributed by atoms with Gasteiger partial charge in [0, 0.05) is 6.42 Å². The molecule has 43 heavy (non-hydrogen) atoms. The number of hydrogen-bond acceptors (Lipinski definition) is 3. The lowest BCUT2D eigenvalue weighted by molar-refractivity contribution is -0.137. The first-order valence-electron chi connectivity index (χ1n) is 18.8. The van der Waals surface area contributed by atoms with Crippen molar-refractivity contribution < 1.29 is 28.8 Å². The van der Waals surface area contributed by atoms with Crippen molar-refractivity contribution in [3.63, 3.8) is 0 Å². The normalized spacial score (nSPS) is 11.9. The fourth-order valence-corrected chi connectivity index (χ4v) is 6.41. The van der Waals surface area contributed by atoms with E-state index in [4.69, 9.17) is 14.9 Å². The van der Waals surface area contributed by atoms with Gasteiger partial charge in [0.05, 0.1) is 6.61 Å². The van der Waals surface area contributed by atoms with Gasteiger partial charge in [0.15, 0.2) is 0 Å². The Morgan fingerprint density at radius 1 is 0.372 bits per heavy atom. The van der Waals surface area contributed by atoms with Crippen molar-refractivity contribution >= 4 is 13.8 Å². The van der Waals surface area contributed by atoms with Gasteiger partial charge in [-0.2, -0.15) is 0 Å². The number of hydrogen-bond donors (Lipinski definition) is 3. The number of aliphatic carboxylic acids is 1. The maximum atomic E-state index is 10.6. The van der Waals surface area contributed by atoms with Gasteiger partial charge in [-0.15, -0.1) is 0 Å². The third-order valence-corrected chi connectivity index (χ3v) is 9.31. The summed E-state index contributed by atoms with van der Waals surface area (Å²) in [6.07, 6.45) is 43.8. The number of carboxylic acid groups (broad SMARTS) is 1. The summed E-state index contributed by atoms with van der Waals surface area (Å²) in [5.41, 5.74) is 0. The summed E-state index contributed by atoms with van der Waals surface area (Å²) >= 11 is 0. The van der Waals surface area contributed by atoms with Gasteiger partial charge in [0.25, 0.3) is 0 Å². The van der Waals surface area contributed by atoms with E-state index in [1.807, 2.05) is 0 Å². The van der Waals surface area contributed by atoms with Gasteiger partial charge in [0.2, 0.25) is 0 Å². The molecule has 0 heterocycles. The molecule has 0 saturated carbocycles. The highest BCUT2D eigenvalue weighted by molar-refractivity contribution is 7.46.